The van der Waals surface area contributed by atoms with Crippen LogP contribution in [-0.2, 0) is 10.0 Å². The molecule has 1 aromatic rings. The summed E-state index contributed by atoms with van der Waals surface area (Å²) in [5, 5.41) is 0.635. The van der Waals surface area contributed by atoms with Gasteiger partial charge in [-0.1, -0.05) is 11.6 Å². The molecule has 1 rings (SSSR count). The van der Waals surface area contributed by atoms with E-state index in [0.29, 0.717) is 10.7 Å². The smallest absolute Gasteiger partial charge is 0.231 e. The molecule has 0 aliphatic carbocycles. The average molecular weight is 234 g/mol. The van der Waals surface area contributed by atoms with Crippen molar-refractivity contribution < 1.29 is 8.42 Å². The van der Waals surface area contributed by atoms with Crippen molar-refractivity contribution in [3.63, 3.8) is 0 Å². The Labute approximate surface area is 89.4 Å². The van der Waals surface area contributed by atoms with Gasteiger partial charge in [-0.05, 0) is 30.7 Å². The van der Waals surface area contributed by atoms with E-state index >= 15 is 0 Å². The molecular weight excluding hydrogens is 222 g/mol. The molecular formula is C9H12ClNO2S. The summed E-state index contributed by atoms with van der Waals surface area (Å²) in [6.07, 6.45) is 1.16. The maximum Gasteiger partial charge on any atom is 0.231 e. The van der Waals surface area contributed by atoms with Gasteiger partial charge in [0.15, 0.2) is 0 Å². The van der Waals surface area contributed by atoms with Crippen molar-refractivity contribution >= 4 is 27.3 Å². The van der Waals surface area contributed by atoms with Crippen molar-refractivity contribution in [2.75, 3.05) is 17.6 Å². The summed E-state index contributed by atoms with van der Waals surface area (Å²) in [6, 6.07) is 5.10. The first-order valence-corrected chi connectivity index (χ1v) is 6.25. The van der Waals surface area contributed by atoms with E-state index in [-0.39, 0.29) is 0 Å². The number of nitrogens with zero attached hydrogens (tertiary/aromatic N) is 1. The first kappa shape index (κ1) is 11.3. The van der Waals surface area contributed by atoms with E-state index in [1.54, 1.807) is 18.2 Å². The molecule has 0 radical (unpaired) electrons. The second-order valence-electron chi connectivity index (χ2n) is 3.16. The van der Waals surface area contributed by atoms with Gasteiger partial charge >= 0.3 is 0 Å². The average Bonchev–Trinajstić information content (AvgIpc) is 2.07. The van der Waals surface area contributed by atoms with E-state index in [9.17, 15) is 8.42 Å². The van der Waals surface area contributed by atoms with Crippen LogP contribution in [0.25, 0.3) is 0 Å². The van der Waals surface area contributed by atoms with Gasteiger partial charge in [0.25, 0.3) is 0 Å². The molecule has 14 heavy (non-hydrogen) atoms. The molecule has 0 N–H and O–H groups in total. The highest BCUT2D eigenvalue weighted by atomic mass is 35.5. The second kappa shape index (κ2) is 3.79. The summed E-state index contributed by atoms with van der Waals surface area (Å²) in [4.78, 5) is 0. The van der Waals surface area contributed by atoms with Crippen LogP contribution in [0, 0.1) is 6.92 Å². The van der Waals surface area contributed by atoms with Crippen molar-refractivity contribution in [1.29, 1.82) is 0 Å². The molecule has 0 saturated heterocycles. The lowest BCUT2D eigenvalue weighted by atomic mass is 10.2. The lowest BCUT2D eigenvalue weighted by Crippen LogP contribution is -2.24. The Kier molecular flexibility index (Phi) is 3.07. The molecule has 1 aromatic carbocycles. The van der Waals surface area contributed by atoms with Crippen LogP contribution in [0.3, 0.4) is 0 Å². The zero-order valence-corrected chi connectivity index (χ0v) is 9.85. The van der Waals surface area contributed by atoms with Crippen LogP contribution < -0.4 is 4.31 Å². The Morgan fingerprint density at radius 1 is 1.36 bits per heavy atom. The van der Waals surface area contributed by atoms with E-state index < -0.39 is 10.0 Å². The Hall–Kier alpha value is -0.740. The van der Waals surface area contributed by atoms with Crippen LogP contribution in [0.2, 0.25) is 5.02 Å². The molecule has 3 nitrogen and oxygen atoms in total. The minimum absolute atomic E-state index is 0.620. The topological polar surface area (TPSA) is 37.4 Å². The number of rotatable bonds is 2. The third-order valence-corrected chi connectivity index (χ3v) is 3.63. The number of halogens is 1. The minimum atomic E-state index is -3.20. The summed E-state index contributed by atoms with van der Waals surface area (Å²) in [6.45, 7) is 1.84. The zero-order valence-electron chi connectivity index (χ0n) is 8.28. The monoisotopic (exact) mass is 233 g/mol. The van der Waals surface area contributed by atoms with Crippen molar-refractivity contribution in [2.24, 2.45) is 0 Å². The van der Waals surface area contributed by atoms with Crippen molar-refractivity contribution in [3.05, 3.63) is 28.8 Å². The van der Waals surface area contributed by atoms with Gasteiger partial charge < -0.3 is 0 Å². The van der Waals surface area contributed by atoms with Crippen molar-refractivity contribution in [1.82, 2.24) is 0 Å². The number of hydrogen-bond acceptors (Lipinski definition) is 2. The van der Waals surface area contributed by atoms with Crippen LogP contribution in [0.4, 0.5) is 5.69 Å². The Morgan fingerprint density at radius 2 is 1.93 bits per heavy atom. The molecule has 0 aliphatic heterocycles. The minimum Gasteiger partial charge on any atom is -0.274 e. The fraction of sp³-hybridized carbons (Fsp3) is 0.333. The van der Waals surface area contributed by atoms with Crippen LogP contribution in [0.1, 0.15) is 5.56 Å². The van der Waals surface area contributed by atoms with Gasteiger partial charge in [0, 0.05) is 12.1 Å². The van der Waals surface area contributed by atoms with Crippen LogP contribution in [0.15, 0.2) is 18.2 Å². The van der Waals surface area contributed by atoms with E-state index in [1.165, 1.54) is 11.4 Å². The predicted molar refractivity (Wildman–Crippen MR) is 59.4 cm³/mol. The van der Waals surface area contributed by atoms with Crippen LogP contribution in [-0.4, -0.2) is 21.7 Å². The van der Waals surface area contributed by atoms with Gasteiger partial charge in [0.2, 0.25) is 10.0 Å². The highest BCUT2D eigenvalue weighted by molar-refractivity contribution is 7.92. The second-order valence-corrected chi connectivity index (χ2v) is 5.58. The van der Waals surface area contributed by atoms with Gasteiger partial charge in [-0.3, -0.25) is 4.31 Å². The number of aryl methyl sites for hydroxylation is 1. The maximum atomic E-state index is 11.2. The molecule has 0 heterocycles. The number of benzene rings is 1. The zero-order chi connectivity index (χ0) is 10.9. The molecule has 5 heteroatoms. The van der Waals surface area contributed by atoms with Gasteiger partial charge in [0.1, 0.15) is 0 Å². The van der Waals surface area contributed by atoms with E-state index in [2.05, 4.69) is 0 Å². The van der Waals surface area contributed by atoms with E-state index in [4.69, 9.17) is 11.6 Å². The number of sulfonamides is 1. The van der Waals surface area contributed by atoms with Gasteiger partial charge in [0.05, 0.1) is 11.9 Å². The first-order valence-electron chi connectivity index (χ1n) is 4.02. The molecule has 0 aliphatic rings. The summed E-state index contributed by atoms with van der Waals surface area (Å²) in [5.41, 5.74) is 1.48. The van der Waals surface area contributed by atoms with Crippen molar-refractivity contribution in [3.8, 4) is 0 Å². The SMILES string of the molecule is Cc1cc(N(C)S(C)(=O)=O)ccc1Cl. The molecule has 0 saturated carbocycles. The Bertz CT molecular complexity index is 442. The normalized spacial score (nSPS) is 11.4. The lowest BCUT2D eigenvalue weighted by Gasteiger charge is -2.17. The first-order chi connectivity index (χ1) is 6.32. The number of hydrogen-bond donors (Lipinski definition) is 0. The summed E-state index contributed by atoms with van der Waals surface area (Å²) in [5.74, 6) is 0. The molecule has 0 unspecified atom stereocenters. The van der Waals surface area contributed by atoms with Gasteiger partial charge in [-0.2, -0.15) is 0 Å². The van der Waals surface area contributed by atoms with E-state index in [0.717, 1.165) is 11.8 Å². The number of anilines is 1. The molecule has 0 aromatic heterocycles. The standard InChI is InChI=1S/C9H12ClNO2S/c1-7-6-8(4-5-9(7)10)11(2)14(3,12)13/h4-6H,1-3H3. The summed E-state index contributed by atoms with van der Waals surface area (Å²) < 4.78 is 23.7. The third kappa shape index (κ3) is 2.39. The van der Waals surface area contributed by atoms with Gasteiger partial charge in [-0.25, -0.2) is 8.42 Å². The molecule has 0 spiro atoms. The Balaban J connectivity index is 3.16. The fourth-order valence-corrected chi connectivity index (χ4v) is 1.63. The third-order valence-electron chi connectivity index (χ3n) is 2.00. The lowest BCUT2D eigenvalue weighted by molar-refractivity contribution is 0.600. The predicted octanol–water partition coefficient (Wildman–Crippen LogP) is 2.04. The maximum absolute atomic E-state index is 11.2. The molecule has 78 valence electrons. The summed E-state index contributed by atoms with van der Waals surface area (Å²) in [7, 11) is -1.68. The molecule has 0 atom stereocenters. The van der Waals surface area contributed by atoms with Crippen LogP contribution >= 0.6 is 11.6 Å². The molecule has 0 amide bonds. The summed E-state index contributed by atoms with van der Waals surface area (Å²) >= 11 is 5.83. The van der Waals surface area contributed by atoms with E-state index in [1.807, 2.05) is 6.92 Å². The largest absolute Gasteiger partial charge is 0.274 e. The quantitative estimate of drug-likeness (QED) is 0.784. The Morgan fingerprint density at radius 3 is 2.36 bits per heavy atom. The highest BCUT2D eigenvalue weighted by Gasteiger charge is 2.11. The van der Waals surface area contributed by atoms with Crippen LogP contribution in [0.5, 0.6) is 0 Å². The fourth-order valence-electron chi connectivity index (χ4n) is 1.02. The van der Waals surface area contributed by atoms with Crippen molar-refractivity contribution in [2.45, 2.75) is 6.92 Å². The highest BCUT2D eigenvalue weighted by Crippen LogP contribution is 2.22. The van der Waals surface area contributed by atoms with Gasteiger partial charge in [-0.15, -0.1) is 0 Å². The molecule has 0 fully saturated rings. The molecule has 0 bridgehead atoms.